The summed E-state index contributed by atoms with van der Waals surface area (Å²) >= 11 is 7.36. The van der Waals surface area contributed by atoms with Gasteiger partial charge < -0.3 is 9.47 Å². The van der Waals surface area contributed by atoms with Crippen LogP contribution in [-0.4, -0.2) is 17.1 Å². The minimum Gasteiger partial charge on any atom is -0.487 e. The molecule has 0 bridgehead atoms. The van der Waals surface area contributed by atoms with E-state index in [1.807, 2.05) is 66.1 Å². The number of halogens is 2. The SMILES string of the molecule is CCOC(=O)C1=C(C)N=c2s/c(=C\c3cc(I)c(OCc4ccccc4)c(I)c3)c(=O)n2C1c1cccs1. The van der Waals surface area contributed by atoms with Crippen molar-refractivity contribution in [3.05, 3.63) is 114 Å². The van der Waals surface area contributed by atoms with Crippen molar-refractivity contribution in [2.24, 2.45) is 4.99 Å². The van der Waals surface area contributed by atoms with Crippen molar-refractivity contribution in [2.75, 3.05) is 6.61 Å². The maximum Gasteiger partial charge on any atom is 0.338 e. The summed E-state index contributed by atoms with van der Waals surface area (Å²) in [4.78, 5) is 32.7. The molecule has 0 fully saturated rings. The predicted molar refractivity (Wildman–Crippen MR) is 167 cm³/mol. The lowest BCUT2D eigenvalue weighted by Crippen LogP contribution is -2.39. The van der Waals surface area contributed by atoms with Crippen LogP contribution in [0, 0.1) is 7.14 Å². The smallest absolute Gasteiger partial charge is 0.338 e. The molecule has 1 aliphatic rings. The molecule has 0 amide bonds. The van der Waals surface area contributed by atoms with Gasteiger partial charge in [0.15, 0.2) is 4.80 Å². The average molecular weight is 768 g/mol. The molecule has 0 N–H and O–H groups in total. The Balaban J connectivity index is 1.54. The highest BCUT2D eigenvalue weighted by Gasteiger charge is 2.33. The molecule has 10 heteroatoms. The normalized spacial score (nSPS) is 15.3. The number of nitrogens with zero attached hydrogens (tertiary/aromatic N) is 2. The maximum atomic E-state index is 13.7. The number of hydrogen-bond acceptors (Lipinski definition) is 7. The lowest BCUT2D eigenvalue weighted by molar-refractivity contribution is -0.139. The molecule has 1 atom stereocenters. The predicted octanol–water partition coefficient (Wildman–Crippen LogP) is 5.65. The van der Waals surface area contributed by atoms with Gasteiger partial charge in [-0.1, -0.05) is 47.7 Å². The second-order valence-corrected chi connectivity index (χ2v) is 12.7. The lowest BCUT2D eigenvalue weighted by Gasteiger charge is -2.23. The summed E-state index contributed by atoms with van der Waals surface area (Å²) in [5.41, 5.74) is 2.78. The molecule has 1 unspecified atom stereocenters. The van der Waals surface area contributed by atoms with Gasteiger partial charge in [-0.3, -0.25) is 9.36 Å². The first kappa shape index (κ1) is 27.3. The molecule has 0 radical (unpaired) electrons. The molecule has 0 spiro atoms. The quantitative estimate of drug-likeness (QED) is 0.180. The number of carbonyl (C=O) groups excluding carboxylic acids is 1. The first-order valence-electron chi connectivity index (χ1n) is 11.8. The van der Waals surface area contributed by atoms with E-state index in [4.69, 9.17) is 9.47 Å². The molecule has 2 aromatic heterocycles. The van der Waals surface area contributed by atoms with Gasteiger partial charge in [0.25, 0.3) is 5.56 Å². The number of esters is 1. The van der Waals surface area contributed by atoms with Crippen molar-refractivity contribution in [1.29, 1.82) is 0 Å². The van der Waals surface area contributed by atoms with Gasteiger partial charge in [-0.15, -0.1) is 11.3 Å². The standard InChI is InChI=1S/C28H22I2N2O4S2/c1-3-35-27(34)23-16(2)31-28-32(24(23)21-10-7-11-37-21)26(33)22(38-28)14-18-12-19(29)25(20(30)13-18)36-15-17-8-5-4-6-9-17/h4-14,24H,3,15H2,1-2H3/b22-14-. The van der Waals surface area contributed by atoms with Gasteiger partial charge in [-0.25, -0.2) is 9.79 Å². The second kappa shape index (κ2) is 11.8. The Hall–Kier alpha value is -2.29. The van der Waals surface area contributed by atoms with Gasteiger partial charge in [0.2, 0.25) is 0 Å². The fourth-order valence-electron chi connectivity index (χ4n) is 4.19. The number of aromatic nitrogens is 1. The van der Waals surface area contributed by atoms with Crippen molar-refractivity contribution in [2.45, 2.75) is 26.5 Å². The number of fused-ring (bicyclic) bond motifs is 1. The first-order chi connectivity index (χ1) is 18.4. The third-order valence-corrected chi connectivity index (χ3v) is 9.38. The van der Waals surface area contributed by atoms with Gasteiger partial charge >= 0.3 is 5.97 Å². The summed E-state index contributed by atoms with van der Waals surface area (Å²) in [6, 6.07) is 17.3. The maximum absolute atomic E-state index is 13.7. The van der Waals surface area contributed by atoms with E-state index in [-0.39, 0.29) is 12.2 Å². The van der Waals surface area contributed by atoms with Crippen LogP contribution in [0.15, 0.2) is 81.0 Å². The number of carbonyl (C=O) groups is 1. The van der Waals surface area contributed by atoms with E-state index >= 15 is 0 Å². The Morgan fingerprint density at radius 2 is 1.87 bits per heavy atom. The van der Waals surface area contributed by atoms with Gasteiger partial charge in [-0.2, -0.15) is 0 Å². The highest BCUT2D eigenvalue weighted by atomic mass is 127. The molecule has 6 nitrogen and oxygen atoms in total. The van der Waals surface area contributed by atoms with Crippen molar-refractivity contribution in [1.82, 2.24) is 4.57 Å². The number of ether oxygens (including phenoxy) is 2. The van der Waals surface area contributed by atoms with Gasteiger partial charge in [0.1, 0.15) is 18.4 Å². The fourth-order valence-corrected chi connectivity index (χ4v) is 8.19. The zero-order valence-corrected chi connectivity index (χ0v) is 26.4. The highest BCUT2D eigenvalue weighted by molar-refractivity contribution is 14.1. The first-order valence-corrected chi connectivity index (χ1v) is 15.6. The van der Waals surface area contributed by atoms with Crippen molar-refractivity contribution >= 4 is 79.9 Å². The Labute approximate surface area is 254 Å². The van der Waals surface area contributed by atoms with Crippen LogP contribution in [0.1, 0.15) is 35.9 Å². The Kier molecular flexibility index (Phi) is 8.50. The summed E-state index contributed by atoms with van der Waals surface area (Å²) in [6.45, 7) is 4.29. The Morgan fingerprint density at radius 3 is 2.53 bits per heavy atom. The van der Waals surface area contributed by atoms with Crippen LogP contribution in [0.5, 0.6) is 5.75 Å². The van der Waals surface area contributed by atoms with Crippen LogP contribution in [0.4, 0.5) is 0 Å². The largest absolute Gasteiger partial charge is 0.487 e. The molecule has 4 aromatic rings. The molecule has 38 heavy (non-hydrogen) atoms. The summed E-state index contributed by atoms with van der Waals surface area (Å²) < 4.78 is 15.5. The van der Waals surface area contributed by atoms with Crippen LogP contribution in [-0.2, 0) is 16.1 Å². The number of allylic oxidation sites excluding steroid dienone is 1. The summed E-state index contributed by atoms with van der Waals surface area (Å²) in [5.74, 6) is 0.373. The van der Waals surface area contributed by atoms with Crippen LogP contribution >= 0.6 is 67.9 Å². The number of rotatable bonds is 7. The lowest BCUT2D eigenvalue weighted by atomic mass is 10.0. The molecule has 0 saturated heterocycles. The molecular formula is C28H22I2N2O4S2. The minimum atomic E-state index is -0.568. The van der Waals surface area contributed by atoms with Crippen molar-refractivity contribution in [3.8, 4) is 5.75 Å². The van der Waals surface area contributed by atoms with Crippen molar-refractivity contribution in [3.63, 3.8) is 0 Å². The zero-order chi connectivity index (χ0) is 26.8. The molecule has 1 aliphatic heterocycles. The average Bonchev–Trinajstić information content (AvgIpc) is 3.52. The molecule has 2 aromatic carbocycles. The van der Waals surface area contributed by atoms with Crippen LogP contribution < -0.4 is 19.6 Å². The molecule has 194 valence electrons. The van der Waals surface area contributed by atoms with Crippen LogP contribution in [0.3, 0.4) is 0 Å². The topological polar surface area (TPSA) is 69.9 Å². The van der Waals surface area contributed by atoms with Crippen LogP contribution in [0.25, 0.3) is 6.08 Å². The van der Waals surface area contributed by atoms with E-state index in [1.54, 1.807) is 18.4 Å². The fraction of sp³-hybridized carbons (Fsp3) is 0.179. The molecule has 3 heterocycles. The zero-order valence-electron chi connectivity index (χ0n) is 20.4. The molecule has 0 saturated carbocycles. The van der Waals surface area contributed by atoms with Crippen LogP contribution in [0.2, 0.25) is 0 Å². The molecule has 5 rings (SSSR count). The Morgan fingerprint density at radius 1 is 1.13 bits per heavy atom. The minimum absolute atomic E-state index is 0.184. The number of benzene rings is 2. The monoisotopic (exact) mass is 768 g/mol. The van der Waals surface area contributed by atoms with E-state index < -0.39 is 12.0 Å². The van der Waals surface area contributed by atoms with E-state index in [9.17, 15) is 9.59 Å². The van der Waals surface area contributed by atoms with E-state index in [2.05, 4.69) is 50.2 Å². The third-order valence-electron chi connectivity index (χ3n) is 5.87. The van der Waals surface area contributed by atoms with E-state index in [0.29, 0.717) is 27.2 Å². The van der Waals surface area contributed by atoms with Gasteiger partial charge in [0.05, 0.1) is 29.5 Å². The summed E-state index contributed by atoms with van der Waals surface area (Å²) in [6.07, 6.45) is 1.88. The van der Waals surface area contributed by atoms with Gasteiger partial charge in [-0.05, 0) is 99.8 Å². The number of thiazole rings is 1. The Bertz CT molecular complexity index is 1680. The summed E-state index contributed by atoms with van der Waals surface area (Å²) in [5, 5.41) is 1.94. The van der Waals surface area contributed by atoms with Crippen molar-refractivity contribution < 1.29 is 14.3 Å². The third kappa shape index (κ3) is 5.54. The summed E-state index contributed by atoms with van der Waals surface area (Å²) in [7, 11) is 0. The molecule has 0 aliphatic carbocycles. The second-order valence-electron chi connectivity index (χ2n) is 8.41. The van der Waals surface area contributed by atoms with E-state index in [0.717, 1.165) is 28.9 Å². The molecular weight excluding hydrogens is 746 g/mol. The van der Waals surface area contributed by atoms with Gasteiger partial charge in [0, 0.05) is 4.88 Å². The highest BCUT2D eigenvalue weighted by Crippen LogP contribution is 2.33. The van der Waals surface area contributed by atoms with E-state index in [1.165, 1.54) is 22.7 Å². The number of hydrogen-bond donors (Lipinski definition) is 0. The number of thiophene rings is 1.